The van der Waals surface area contributed by atoms with Gasteiger partial charge in [-0.05, 0) is 24.1 Å². The van der Waals surface area contributed by atoms with Gasteiger partial charge in [-0.2, -0.15) is 9.36 Å². The van der Waals surface area contributed by atoms with Gasteiger partial charge in [0.1, 0.15) is 0 Å². The van der Waals surface area contributed by atoms with Crippen LogP contribution >= 0.6 is 22.9 Å². The van der Waals surface area contributed by atoms with Crippen LogP contribution in [0.4, 0.5) is 5.13 Å². The summed E-state index contributed by atoms with van der Waals surface area (Å²) >= 11 is 2.67. The third-order valence-corrected chi connectivity index (χ3v) is 5.77. The molecule has 0 saturated carbocycles. The Morgan fingerprint density at radius 1 is 0.962 bits per heavy atom. The van der Waals surface area contributed by atoms with E-state index >= 15 is 0 Å². The number of nitrogens with one attached hydrogen (secondary N) is 1. The molecule has 0 radical (unpaired) electrons. The Kier molecular flexibility index (Phi) is 4.60. The number of thiophene rings is 1. The van der Waals surface area contributed by atoms with Crippen molar-refractivity contribution in [1.82, 2.24) is 9.36 Å². The molecular weight excluding hydrogens is 362 g/mol. The lowest BCUT2D eigenvalue weighted by Gasteiger charge is -1.98. The number of amides is 1. The Bertz CT molecular complexity index is 1040. The van der Waals surface area contributed by atoms with E-state index in [1.807, 2.05) is 61.5 Å². The maximum atomic E-state index is 12.6. The molecule has 4 rings (SSSR count). The van der Waals surface area contributed by atoms with Crippen molar-refractivity contribution < 1.29 is 4.79 Å². The molecule has 6 heteroatoms. The average Bonchev–Trinajstić information content (AvgIpc) is 3.30. The van der Waals surface area contributed by atoms with Crippen molar-refractivity contribution in [3.8, 4) is 21.8 Å². The van der Waals surface area contributed by atoms with E-state index in [1.165, 1.54) is 22.9 Å². The number of aromatic nitrogens is 2. The topological polar surface area (TPSA) is 54.9 Å². The molecular formula is C20H15N3OS2. The Morgan fingerprint density at radius 2 is 1.62 bits per heavy atom. The molecule has 26 heavy (non-hydrogen) atoms. The van der Waals surface area contributed by atoms with Crippen molar-refractivity contribution in [3.05, 3.63) is 77.2 Å². The summed E-state index contributed by atoms with van der Waals surface area (Å²) in [5.74, 6) is 0.467. The van der Waals surface area contributed by atoms with Crippen LogP contribution in [0.15, 0.2) is 66.7 Å². The molecule has 1 amide bonds. The van der Waals surface area contributed by atoms with Crippen LogP contribution in [0.1, 0.15) is 15.2 Å². The van der Waals surface area contributed by atoms with Crippen LogP contribution in [0.25, 0.3) is 21.8 Å². The highest BCUT2D eigenvalue weighted by molar-refractivity contribution is 7.17. The molecule has 0 spiro atoms. The Morgan fingerprint density at radius 3 is 2.31 bits per heavy atom. The van der Waals surface area contributed by atoms with Gasteiger partial charge in [0.15, 0.2) is 5.82 Å². The first kappa shape index (κ1) is 16.6. The molecule has 0 aliphatic rings. The zero-order valence-electron chi connectivity index (χ0n) is 14.0. The van der Waals surface area contributed by atoms with E-state index in [9.17, 15) is 4.79 Å². The predicted octanol–water partition coefficient (Wildman–Crippen LogP) is 5.49. The minimum atomic E-state index is -0.156. The van der Waals surface area contributed by atoms with E-state index < -0.39 is 0 Å². The molecule has 0 saturated heterocycles. The van der Waals surface area contributed by atoms with Gasteiger partial charge in [-0.3, -0.25) is 10.1 Å². The SMILES string of the molecule is Cc1cc(C(=O)Nc2nc(-c3ccccc3)ns2)sc1-c1ccccc1. The number of anilines is 1. The first-order valence-electron chi connectivity index (χ1n) is 8.07. The van der Waals surface area contributed by atoms with Gasteiger partial charge < -0.3 is 0 Å². The molecule has 2 aromatic carbocycles. The largest absolute Gasteiger partial charge is 0.296 e. The number of nitrogens with zero attached hydrogens (tertiary/aromatic N) is 2. The highest BCUT2D eigenvalue weighted by Crippen LogP contribution is 2.32. The predicted molar refractivity (Wildman–Crippen MR) is 108 cm³/mol. The zero-order chi connectivity index (χ0) is 17.9. The van der Waals surface area contributed by atoms with Crippen molar-refractivity contribution in [2.75, 3.05) is 5.32 Å². The Labute approximate surface area is 159 Å². The minimum absolute atomic E-state index is 0.156. The first-order chi connectivity index (χ1) is 12.7. The highest BCUT2D eigenvalue weighted by Gasteiger charge is 2.16. The average molecular weight is 377 g/mol. The molecule has 128 valence electrons. The van der Waals surface area contributed by atoms with Crippen molar-refractivity contribution >= 4 is 33.9 Å². The number of hydrogen-bond acceptors (Lipinski definition) is 5. The van der Waals surface area contributed by atoms with E-state index in [-0.39, 0.29) is 5.91 Å². The van der Waals surface area contributed by atoms with E-state index in [0.29, 0.717) is 15.8 Å². The molecule has 4 nitrogen and oxygen atoms in total. The van der Waals surface area contributed by atoms with Crippen LogP contribution < -0.4 is 5.32 Å². The van der Waals surface area contributed by atoms with Gasteiger partial charge in [0.2, 0.25) is 5.13 Å². The molecule has 4 aromatic rings. The molecule has 0 atom stereocenters. The molecule has 0 aliphatic heterocycles. The first-order valence-corrected chi connectivity index (χ1v) is 9.66. The highest BCUT2D eigenvalue weighted by atomic mass is 32.1. The summed E-state index contributed by atoms with van der Waals surface area (Å²) in [5, 5.41) is 3.36. The number of rotatable bonds is 4. The smallest absolute Gasteiger partial charge is 0.267 e. The van der Waals surface area contributed by atoms with Gasteiger partial charge in [0.05, 0.1) is 4.88 Å². The summed E-state index contributed by atoms with van der Waals surface area (Å²) in [6.45, 7) is 2.02. The maximum absolute atomic E-state index is 12.6. The fourth-order valence-electron chi connectivity index (χ4n) is 2.61. The van der Waals surface area contributed by atoms with Crippen LogP contribution in [0.3, 0.4) is 0 Å². The summed E-state index contributed by atoms with van der Waals surface area (Å²) in [7, 11) is 0. The Balaban J connectivity index is 1.54. The van der Waals surface area contributed by atoms with Crippen LogP contribution in [-0.4, -0.2) is 15.3 Å². The fourth-order valence-corrected chi connectivity index (χ4v) is 4.27. The number of hydrogen-bond donors (Lipinski definition) is 1. The van der Waals surface area contributed by atoms with Crippen LogP contribution in [-0.2, 0) is 0 Å². The van der Waals surface area contributed by atoms with E-state index in [1.54, 1.807) is 0 Å². The maximum Gasteiger partial charge on any atom is 0.267 e. The van der Waals surface area contributed by atoms with Gasteiger partial charge in [-0.1, -0.05) is 60.7 Å². The lowest BCUT2D eigenvalue weighted by molar-refractivity contribution is 0.103. The quantitative estimate of drug-likeness (QED) is 0.511. The second-order valence-corrected chi connectivity index (χ2v) is 7.54. The lowest BCUT2D eigenvalue weighted by Crippen LogP contribution is -2.09. The zero-order valence-corrected chi connectivity index (χ0v) is 15.6. The molecule has 2 aromatic heterocycles. The van der Waals surface area contributed by atoms with E-state index in [4.69, 9.17) is 0 Å². The molecule has 0 bridgehead atoms. The molecule has 0 fully saturated rings. The third-order valence-electron chi connectivity index (χ3n) is 3.86. The molecule has 1 N–H and O–H groups in total. The van der Waals surface area contributed by atoms with Crippen LogP contribution in [0, 0.1) is 6.92 Å². The second-order valence-electron chi connectivity index (χ2n) is 5.73. The Hall–Kier alpha value is -2.83. The number of aryl methyl sites for hydroxylation is 1. The van der Waals surface area contributed by atoms with Crippen LogP contribution in [0.2, 0.25) is 0 Å². The summed E-state index contributed by atoms with van der Waals surface area (Å²) in [4.78, 5) is 18.8. The number of carbonyl (C=O) groups is 1. The minimum Gasteiger partial charge on any atom is -0.296 e. The number of benzene rings is 2. The van der Waals surface area contributed by atoms with E-state index in [0.717, 1.165) is 21.6 Å². The normalized spacial score (nSPS) is 10.7. The van der Waals surface area contributed by atoms with Crippen molar-refractivity contribution in [3.63, 3.8) is 0 Å². The van der Waals surface area contributed by atoms with E-state index in [2.05, 4.69) is 26.8 Å². The van der Waals surface area contributed by atoms with Crippen LogP contribution in [0.5, 0.6) is 0 Å². The van der Waals surface area contributed by atoms with Gasteiger partial charge in [0, 0.05) is 22.0 Å². The summed E-state index contributed by atoms with van der Waals surface area (Å²) in [6.07, 6.45) is 0. The molecule has 0 aliphatic carbocycles. The second kappa shape index (κ2) is 7.19. The summed E-state index contributed by atoms with van der Waals surface area (Å²) in [6, 6.07) is 21.7. The van der Waals surface area contributed by atoms with Gasteiger partial charge >= 0.3 is 0 Å². The van der Waals surface area contributed by atoms with Crippen molar-refractivity contribution in [2.45, 2.75) is 6.92 Å². The molecule has 2 heterocycles. The summed E-state index contributed by atoms with van der Waals surface area (Å²) in [5.41, 5.74) is 3.15. The lowest BCUT2D eigenvalue weighted by atomic mass is 10.1. The third kappa shape index (κ3) is 3.42. The van der Waals surface area contributed by atoms with Gasteiger partial charge in [-0.25, -0.2) is 0 Å². The summed E-state index contributed by atoms with van der Waals surface area (Å²) < 4.78 is 4.32. The number of carbonyl (C=O) groups excluding carboxylic acids is 1. The molecule has 0 unspecified atom stereocenters. The van der Waals surface area contributed by atoms with Crippen molar-refractivity contribution in [2.24, 2.45) is 0 Å². The monoisotopic (exact) mass is 377 g/mol. The van der Waals surface area contributed by atoms with Gasteiger partial charge in [-0.15, -0.1) is 11.3 Å². The standard InChI is InChI=1S/C20H15N3OS2/c1-13-12-16(25-17(13)14-8-4-2-5-9-14)19(24)22-20-21-18(23-26-20)15-10-6-3-7-11-15/h2-12H,1H3,(H,21,22,23,24). The fraction of sp³-hybridized carbons (Fsp3) is 0.0500. The van der Waals surface area contributed by atoms with Gasteiger partial charge in [0.25, 0.3) is 5.91 Å². The van der Waals surface area contributed by atoms with Crippen molar-refractivity contribution in [1.29, 1.82) is 0 Å².